The molecule has 1 aliphatic heterocycles. The number of pyridine rings is 1. The molecule has 76 valence electrons. The molecule has 1 unspecified atom stereocenters. The molecule has 1 saturated heterocycles. The van der Waals surface area contributed by atoms with Crippen molar-refractivity contribution < 1.29 is 3.07 Å². The Kier molecular flexibility index (Phi) is 3.22. The van der Waals surface area contributed by atoms with E-state index in [2.05, 4.69) is 28.9 Å². The summed E-state index contributed by atoms with van der Waals surface area (Å²) in [5, 5.41) is 0. The molecule has 2 heterocycles. The molecule has 0 spiro atoms. The van der Waals surface area contributed by atoms with Gasteiger partial charge in [-0.25, -0.2) is 4.98 Å². The maximum atomic E-state index is 5.29. The van der Waals surface area contributed by atoms with Gasteiger partial charge in [0.25, 0.3) is 0 Å². The predicted octanol–water partition coefficient (Wildman–Crippen LogP) is 2.34. The molecule has 1 aliphatic rings. The highest BCUT2D eigenvalue weighted by Gasteiger charge is 2.23. The van der Waals surface area contributed by atoms with Crippen LogP contribution in [0.1, 0.15) is 12.0 Å². The van der Waals surface area contributed by atoms with E-state index >= 15 is 0 Å². The van der Waals surface area contributed by atoms with Crippen molar-refractivity contribution in [1.29, 1.82) is 0 Å². The lowest BCUT2D eigenvalue weighted by molar-refractivity contribution is 0.311. The molecular weight excluding hydrogens is 291 g/mol. The van der Waals surface area contributed by atoms with Crippen molar-refractivity contribution in [3.8, 4) is 0 Å². The summed E-state index contributed by atoms with van der Waals surface area (Å²) in [5.74, 6) is 1.06. The van der Waals surface area contributed by atoms with Crippen LogP contribution in [0.2, 0.25) is 0 Å². The van der Waals surface area contributed by atoms with Gasteiger partial charge in [0.15, 0.2) is 0 Å². The van der Waals surface area contributed by atoms with E-state index in [1.807, 2.05) is 29.2 Å². The molecule has 0 aliphatic carbocycles. The summed E-state index contributed by atoms with van der Waals surface area (Å²) in [6, 6.07) is 4.17. The lowest BCUT2D eigenvalue weighted by atomic mass is 10.3. The number of nitrogens with zero attached hydrogens (tertiary/aromatic N) is 2. The van der Waals surface area contributed by atoms with Gasteiger partial charge in [0.1, 0.15) is 28.8 Å². The second-order valence-electron chi connectivity index (χ2n) is 3.64. The molecule has 1 aromatic heterocycles. The third-order valence-electron chi connectivity index (χ3n) is 2.49. The maximum absolute atomic E-state index is 5.29. The van der Waals surface area contributed by atoms with E-state index in [4.69, 9.17) is 3.07 Å². The van der Waals surface area contributed by atoms with Crippen LogP contribution in [-0.2, 0) is 3.07 Å². The van der Waals surface area contributed by atoms with Crippen molar-refractivity contribution in [3.05, 3.63) is 23.9 Å². The van der Waals surface area contributed by atoms with Gasteiger partial charge in [-0.15, -0.1) is 0 Å². The summed E-state index contributed by atoms with van der Waals surface area (Å²) < 4.78 is 5.29. The minimum Gasteiger partial charge on any atom is -0.354 e. The molecule has 14 heavy (non-hydrogen) atoms. The molecule has 0 amide bonds. The average molecular weight is 304 g/mol. The van der Waals surface area contributed by atoms with E-state index in [0.717, 1.165) is 25.3 Å². The summed E-state index contributed by atoms with van der Waals surface area (Å²) in [6.07, 6.45) is 3.37. The number of halogens is 1. The molecule has 0 radical (unpaired) electrons. The van der Waals surface area contributed by atoms with Gasteiger partial charge in [0, 0.05) is 19.3 Å². The summed E-state index contributed by atoms with van der Waals surface area (Å²) in [7, 11) is 0. The highest BCUT2D eigenvalue weighted by Crippen LogP contribution is 2.20. The van der Waals surface area contributed by atoms with Crippen molar-refractivity contribution in [2.75, 3.05) is 18.0 Å². The summed E-state index contributed by atoms with van der Waals surface area (Å²) in [4.78, 5) is 6.66. The van der Waals surface area contributed by atoms with Gasteiger partial charge in [-0.05, 0) is 25.0 Å². The van der Waals surface area contributed by atoms with E-state index in [1.54, 1.807) is 0 Å². The highest BCUT2D eigenvalue weighted by atomic mass is 127. The predicted molar refractivity (Wildman–Crippen MR) is 64.7 cm³/mol. The van der Waals surface area contributed by atoms with Crippen LogP contribution in [0.3, 0.4) is 0 Å². The zero-order chi connectivity index (χ0) is 9.97. The number of rotatable bonds is 2. The van der Waals surface area contributed by atoms with E-state index in [9.17, 15) is 0 Å². The first-order valence-corrected chi connectivity index (χ1v) is 5.62. The van der Waals surface area contributed by atoms with Crippen LogP contribution in [0.4, 0.5) is 5.82 Å². The Bertz CT molecular complexity index is 301. The van der Waals surface area contributed by atoms with Gasteiger partial charge in [-0.3, -0.25) is 0 Å². The van der Waals surface area contributed by atoms with E-state index < -0.39 is 0 Å². The topological polar surface area (TPSA) is 25.4 Å². The van der Waals surface area contributed by atoms with Crippen molar-refractivity contribution in [2.24, 2.45) is 0 Å². The molecule has 0 bridgehead atoms. The minimum absolute atomic E-state index is 0.360. The molecule has 1 fully saturated rings. The SMILES string of the molecule is Cc1ccc(N2CCC(OI)C2)nc1. The van der Waals surface area contributed by atoms with Crippen molar-refractivity contribution in [2.45, 2.75) is 19.4 Å². The molecule has 1 atom stereocenters. The number of hydrogen-bond acceptors (Lipinski definition) is 3. The monoisotopic (exact) mass is 304 g/mol. The third-order valence-corrected chi connectivity index (χ3v) is 3.21. The van der Waals surface area contributed by atoms with Crippen LogP contribution in [0.15, 0.2) is 18.3 Å². The smallest absolute Gasteiger partial charge is 0.128 e. The van der Waals surface area contributed by atoms with E-state index in [-0.39, 0.29) is 0 Å². The Morgan fingerprint density at radius 1 is 1.57 bits per heavy atom. The second kappa shape index (κ2) is 4.44. The quantitative estimate of drug-likeness (QED) is 0.784. The van der Waals surface area contributed by atoms with E-state index in [1.165, 1.54) is 5.56 Å². The largest absolute Gasteiger partial charge is 0.354 e. The third kappa shape index (κ3) is 2.17. The van der Waals surface area contributed by atoms with Gasteiger partial charge in [0.2, 0.25) is 0 Å². The van der Waals surface area contributed by atoms with Crippen LogP contribution in [-0.4, -0.2) is 24.2 Å². The first-order valence-electron chi connectivity index (χ1n) is 4.74. The maximum Gasteiger partial charge on any atom is 0.128 e. The Morgan fingerprint density at radius 3 is 3.00 bits per heavy atom. The Morgan fingerprint density at radius 2 is 2.43 bits per heavy atom. The Labute approximate surface area is 98.2 Å². The zero-order valence-corrected chi connectivity index (χ0v) is 10.3. The highest BCUT2D eigenvalue weighted by molar-refractivity contribution is 14.1. The number of anilines is 1. The van der Waals surface area contributed by atoms with Crippen LogP contribution < -0.4 is 4.90 Å². The molecule has 4 heteroatoms. The van der Waals surface area contributed by atoms with Crippen LogP contribution in [0.5, 0.6) is 0 Å². The van der Waals surface area contributed by atoms with Gasteiger partial charge < -0.3 is 7.97 Å². The lowest BCUT2D eigenvalue weighted by Gasteiger charge is -2.16. The second-order valence-corrected chi connectivity index (χ2v) is 4.15. The number of hydrogen-bond donors (Lipinski definition) is 0. The molecule has 2 rings (SSSR count). The van der Waals surface area contributed by atoms with Crippen LogP contribution >= 0.6 is 23.0 Å². The molecule has 0 N–H and O–H groups in total. The molecule has 0 saturated carbocycles. The fourth-order valence-corrected chi connectivity index (χ4v) is 2.07. The first kappa shape index (κ1) is 10.2. The number of aromatic nitrogens is 1. The number of aryl methyl sites for hydroxylation is 1. The molecule has 1 aromatic rings. The fraction of sp³-hybridized carbons (Fsp3) is 0.500. The first-order chi connectivity index (χ1) is 6.79. The van der Waals surface area contributed by atoms with E-state index in [0.29, 0.717) is 6.10 Å². The van der Waals surface area contributed by atoms with Crippen molar-refractivity contribution in [1.82, 2.24) is 4.98 Å². The minimum atomic E-state index is 0.360. The standard InChI is InChI=1S/C10H13IN2O/c1-8-2-3-10(12-6-8)13-5-4-9(7-13)14-11/h2-3,6,9H,4-5,7H2,1H3. The Balaban J connectivity index is 2.06. The van der Waals surface area contributed by atoms with Gasteiger partial charge in [-0.1, -0.05) is 6.07 Å². The summed E-state index contributed by atoms with van der Waals surface area (Å²) >= 11 is 1.98. The normalized spacial score (nSPS) is 21.6. The molecular formula is C10H13IN2O. The molecule has 0 aromatic carbocycles. The summed E-state index contributed by atoms with van der Waals surface area (Å²) in [5.41, 5.74) is 1.20. The fourth-order valence-electron chi connectivity index (χ4n) is 1.66. The van der Waals surface area contributed by atoms with Gasteiger partial charge in [-0.2, -0.15) is 0 Å². The Hall–Kier alpha value is -0.360. The zero-order valence-electron chi connectivity index (χ0n) is 8.11. The van der Waals surface area contributed by atoms with Gasteiger partial charge >= 0.3 is 0 Å². The van der Waals surface area contributed by atoms with Crippen LogP contribution in [0.25, 0.3) is 0 Å². The van der Waals surface area contributed by atoms with Crippen molar-refractivity contribution in [3.63, 3.8) is 0 Å². The lowest BCUT2D eigenvalue weighted by Crippen LogP contribution is -2.22. The molecule has 3 nitrogen and oxygen atoms in total. The van der Waals surface area contributed by atoms with Crippen molar-refractivity contribution >= 4 is 28.8 Å². The van der Waals surface area contributed by atoms with Gasteiger partial charge in [0.05, 0.1) is 6.10 Å². The van der Waals surface area contributed by atoms with Crippen LogP contribution in [0, 0.1) is 6.92 Å². The average Bonchev–Trinajstić information content (AvgIpc) is 2.67. The summed E-state index contributed by atoms with van der Waals surface area (Å²) in [6.45, 7) is 4.06.